The van der Waals surface area contributed by atoms with Gasteiger partial charge in [-0.1, -0.05) is 15.9 Å². The Hall–Kier alpha value is -0.0500. The Morgan fingerprint density at radius 3 is 3.10 bits per heavy atom. The third kappa shape index (κ3) is 2.29. The lowest BCUT2D eigenvalue weighted by atomic mass is 10.2. The zero-order valence-electron chi connectivity index (χ0n) is 5.81. The van der Waals surface area contributed by atoms with Crippen LogP contribution in [0.1, 0.15) is 25.7 Å². The van der Waals surface area contributed by atoms with E-state index in [2.05, 4.69) is 15.9 Å². The van der Waals surface area contributed by atoms with Gasteiger partial charge in [-0.05, 0) is 19.3 Å². The van der Waals surface area contributed by atoms with Crippen molar-refractivity contribution >= 4 is 21.9 Å². The van der Waals surface area contributed by atoms with Gasteiger partial charge in [0.15, 0.2) is 0 Å². The van der Waals surface area contributed by atoms with Gasteiger partial charge in [0.05, 0.1) is 0 Å². The van der Waals surface area contributed by atoms with E-state index in [1.54, 1.807) is 0 Å². The maximum atomic E-state index is 10.8. The zero-order valence-corrected chi connectivity index (χ0v) is 7.39. The van der Waals surface area contributed by atoms with Gasteiger partial charge in [0.1, 0.15) is 6.10 Å². The first-order valence-corrected chi connectivity index (χ1v) is 4.70. The molecule has 0 radical (unpaired) electrons. The van der Waals surface area contributed by atoms with E-state index >= 15 is 0 Å². The van der Waals surface area contributed by atoms with E-state index in [4.69, 9.17) is 4.74 Å². The van der Waals surface area contributed by atoms with Gasteiger partial charge < -0.3 is 4.74 Å². The van der Waals surface area contributed by atoms with Crippen molar-refractivity contribution in [1.82, 2.24) is 0 Å². The molecule has 0 aliphatic carbocycles. The van der Waals surface area contributed by atoms with E-state index in [1.165, 1.54) is 0 Å². The Morgan fingerprint density at radius 2 is 2.40 bits per heavy atom. The van der Waals surface area contributed by atoms with E-state index in [-0.39, 0.29) is 12.1 Å². The number of halogens is 1. The second-order valence-electron chi connectivity index (χ2n) is 2.51. The monoisotopic (exact) mass is 206 g/mol. The summed E-state index contributed by atoms with van der Waals surface area (Å²) in [5.41, 5.74) is 0. The first kappa shape index (κ1) is 8.05. The lowest BCUT2D eigenvalue weighted by Gasteiger charge is -2.09. The molecule has 1 atom stereocenters. The lowest BCUT2D eigenvalue weighted by molar-refractivity contribution is -0.146. The topological polar surface area (TPSA) is 26.3 Å². The molecule has 0 bridgehead atoms. The Morgan fingerprint density at radius 1 is 1.60 bits per heavy atom. The van der Waals surface area contributed by atoms with Crippen LogP contribution in [0, 0.1) is 0 Å². The van der Waals surface area contributed by atoms with E-state index in [9.17, 15) is 4.79 Å². The smallest absolute Gasteiger partial charge is 0.306 e. The van der Waals surface area contributed by atoms with Gasteiger partial charge in [0.25, 0.3) is 0 Å². The van der Waals surface area contributed by atoms with Gasteiger partial charge in [-0.25, -0.2) is 0 Å². The fourth-order valence-corrected chi connectivity index (χ4v) is 1.51. The van der Waals surface area contributed by atoms with Gasteiger partial charge in [-0.15, -0.1) is 0 Å². The molecular formula is C7H11BrO2. The van der Waals surface area contributed by atoms with Crippen molar-refractivity contribution in [2.75, 3.05) is 5.33 Å². The summed E-state index contributed by atoms with van der Waals surface area (Å²) in [5, 5.41) is 0.777. The van der Waals surface area contributed by atoms with E-state index < -0.39 is 0 Å². The van der Waals surface area contributed by atoms with Crippen LogP contribution in [0.5, 0.6) is 0 Å². The van der Waals surface area contributed by atoms with Gasteiger partial charge in [0, 0.05) is 11.8 Å². The number of carbonyl (C=O) groups excluding carboxylic acids is 1. The molecule has 0 amide bonds. The largest absolute Gasteiger partial charge is 0.461 e. The van der Waals surface area contributed by atoms with Crippen molar-refractivity contribution in [2.45, 2.75) is 31.8 Å². The van der Waals surface area contributed by atoms with Crippen molar-refractivity contribution in [2.24, 2.45) is 0 Å². The summed E-state index contributed by atoms with van der Waals surface area (Å²) < 4.78 is 5.07. The quantitative estimate of drug-likeness (QED) is 0.484. The second-order valence-corrected chi connectivity index (χ2v) is 3.16. The Kier molecular flexibility index (Phi) is 3.19. The number of hydrogen-bond donors (Lipinski definition) is 0. The van der Waals surface area contributed by atoms with Crippen LogP contribution in [0.2, 0.25) is 0 Å². The first-order valence-electron chi connectivity index (χ1n) is 3.58. The average molecular weight is 207 g/mol. The van der Waals surface area contributed by atoms with E-state index in [1.807, 2.05) is 0 Å². The number of alkyl halides is 1. The third-order valence-corrected chi connectivity index (χ3v) is 2.35. The van der Waals surface area contributed by atoms with Crippen LogP contribution in [-0.4, -0.2) is 17.4 Å². The van der Waals surface area contributed by atoms with Crippen LogP contribution in [0.15, 0.2) is 0 Å². The Balaban J connectivity index is 2.38. The predicted molar refractivity (Wildman–Crippen MR) is 42.1 cm³/mol. The third-order valence-electron chi connectivity index (χ3n) is 1.63. The zero-order chi connectivity index (χ0) is 7.40. The lowest BCUT2D eigenvalue weighted by Crippen LogP contribution is -2.16. The Labute approximate surface area is 69.1 Å². The highest BCUT2D eigenvalue weighted by Crippen LogP contribution is 2.15. The molecule has 0 aromatic rings. The molecular weight excluding hydrogens is 196 g/mol. The van der Waals surface area contributed by atoms with Gasteiger partial charge >= 0.3 is 5.97 Å². The summed E-state index contributed by atoms with van der Waals surface area (Å²) in [4.78, 5) is 10.8. The normalized spacial score (nSPS) is 27.3. The number of hydrogen-bond acceptors (Lipinski definition) is 2. The van der Waals surface area contributed by atoms with Gasteiger partial charge in [-0.3, -0.25) is 4.79 Å². The van der Waals surface area contributed by atoms with Crippen molar-refractivity contribution in [1.29, 1.82) is 0 Å². The summed E-state index contributed by atoms with van der Waals surface area (Å²) >= 11 is 3.30. The standard InChI is InChI=1S/C7H11BrO2/c8-5-6-3-1-2-4-7(9)10-6/h6H,1-5H2/t6-/m1/s1. The minimum Gasteiger partial charge on any atom is -0.461 e. The van der Waals surface area contributed by atoms with Crippen LogP contribution >= 0.6 is 15.9 Å². The minimum absolute atomic E-state index is 0.0399. The number of cyclic esters (lactones) is 1. The van der Waals surface area contributed by atoms with Crippen molar-refractivity contribution in [3.63, 3.8) is 0 Å². The molecule has 3 heteroatoms. The molecule has 0 saturated carbocycles. The highest BCUT2D eigenvalue weighted by molar-refractivity contribution is 9.09. The molecule has 1 aliphatic heterocycles. The van der Waals surface area contributed by atoms with Crippen LogP contribution in [0.25, 0.3) is 0 Å². The van der Waals surface area contributed by atoms with Gasteiger partial charge in [-0.2, -0.15) is 0 Å². The molecule has 1 aliphatic rings. The van der Waals surface area contributed by atoms with Crippen LogP contribution in [0.3, 0.4) is 0 Å². The van der Waals surface area contributed by atoms with Crippen LogP contribution in [-0.2, 0) is 9.53 Å². The predicted octanol–water partition coefficient (Wildman–Crippen LogP) is 1.87. The van der Waals surface area contributed by atoms with E-state index in [0.717, 1.165) is 24.6 Å². The van der Waals surface area contributed by atoms with Crippen molar-refractivity contribution in [3.05, 3.63) is 0 Å². The minimum atomic E-state index is -0.0399. The average Bonchev–Trinajstić information content (AvgIpc) is 2.13. The molecule has 2 nitrogen and oxygen atoms in total. The highest BCUT2D eigenvalue weighted by atomic mass is 79.9. The molecule has 1 fully saturated rings. The number of esters is 1. The van der Waals surface area contributed by atoms with Gasteiger partial charge in [0.2, 0.25) is 0 Å². The molecule has 0 N–H and O–H groups in total. The fourth-order valence-electron chi connectivity index (χ4n) is 1.05. The second kappa shape index (κ2) is 3.96. The van der Waals surface area contributed by atoms with Crippen molar-refractivity contribution < 1.29 is 9.53 Å². The molecule has 10 heavy (non-hydrogen) atoms. The first-order chi connectivity index (χ1) is 4.83. The van der Waals surface area contributed by atoms with Crippen LogP contribution < -0.4 is 0 Å². The summed E-state index contributed by atoms with van der Waals surface area (Å²) in [6.07, 6.45) is 3.83. The summed E-state index contributed by atoms with van der Waals surface area (Å²) in [6, 6.07) is 0. The molecule has 1 rings (SSSR count). The van der Waals surface area contributed by atoms with Crippen LogP contribution in [0.4, 0.5) is 0 Å². The van der Waals surface area contributed by atoms with E-state index in [0.29, 0.717) is 6.42 Å². The fraction of sp³-hybridized carbons (Fsp3) is 0.857. The molecule has 58 valence electrons. The molecule has 1 saturated heterocycles. The number of rotatable bonds is 1. The summed E-state index contributed by atoms with van der Waals surface area (Å²) in [6.45, 7) is 0. The summed E-state index contributed by atoms with van der Waals surface area (Å²) in [5.74, 6) is -0.0399. The number of carbonyl (C=O) groups is 1. The molecule has 1 heterocycles. The number of ether oxygens (including phenoxy) is 1. The maximum Gasteiger partial charge on any atom is 0.306 e. The SMILES string of the molecule is O=C1CCCC[C@H](CBr)O1. The molecule has 0 unspecified atom stereocenters. The Bertz CT molecular complexity index is 125. The molecule has 0 aromatic heterocycles. The van der Waals surface area contributed by atoms with Crippen molar-refractivity contribution in [3.8, 4) is 0 Å². The molecule has 0 spiro atoms. The summed E-state index contributed by atoms with van der Waals surface area (Å²) in [7, 11) is 0. The molecule has 0 aromatic carbocycles. The maximum absolute atomic E-state index is 10.8. The highest BCUT2D eigenvalue weighted by Gasteiger charge is 2.16.